The molecule has 1 amide bonds. The molecule has 0 aliphatic carbocycles. The van der Waals surface area contributed by atoms with E-state index in [0.29, 0.717) is 23.9 Å². The van der Waals surface area contributed by atoms with E-state index in [0.717, 1.165) is 22.0 Å². The first kappa shape index (κ1) is 15.6. The quantitative estimate of drug-likeness (QED) is 0.746. The first-order chi connectivity index (χ1) is 11.2. The zero-order valence-electron chi connectivity index (χ0n) is 12.7. The number of carbonyl (C=O) groups is 1. The number of aromatic amines is 1. The minimum Gasteiger partial charge on any atom is -0.380 e. The third-order valence-corrected chi connectivity index (χ3v) is 3.92. The lowest BCUT2D eigenvalue weighted by Crippen LogP contribution is -2.23. The van der Waals surface area contributed by atoms with Crippen LogP contribution in [0.4, 0.5) is 0 Å². The van der Waals surface area contributed by atoms with Gasteiger partial charge in [0.2, 0.25) is 0 Å². The van der Waals surface area contributed by atoms with Gasteiger partial charge in [-0.15, -0.1) is 0 Å². The smallest absolute Gasteiger partial charge is 0.267 e. The molecular formula is C18H17ClN2O2. The molecule has 0 bridgehead atoms. The Kier molecular flexibility index (Phi) is 4.65. The van der Waals surface area contributed by atoms with Gasteiger partial charge in [0.1, 0.15) is 5.69 Å². The van der Waals surface area contributed by atoms with Gasteiger partial charge in [-0.1, -0.05) is 35.9 Å². The second-order valence-corrected chi connectivity index (χ2v) is 5.74. The monoisotopic (exact) mass is 328 g/mol. The van der Waals surface area contributed by atoms with Crippen LogP contribution in [0.25, 0.3) is 10.9 Å². The van der Waals surface area contributed by atoms with Crippen molar-refractivity contribution in [2.75, 3.05) is 7.11 Å². The maximum absolute atomic E-state index is 12.3. The summed E-state index contributed by atoms with van der Waals surface area (Å²) in [5, 5.41) is 4.50. The Morgan fingerprint density at radius 1 is 1.17 bits per heavy atom. The highest BCUT2D eigenvalue weighted by molar-refractivity contribution is 6.31. The molecule has 0 aliphatic rings. The van der Waals surface area contributed by atoms with Crippen molar-refractivity contribution in [1.82, 2.24) is 10.3 Å². The van der Waals surface area contributed by atoms with Gasteiger partial charge < -0.3 is 15.0 Å². The fourth-order valence-corrected chi connectivity index (χ4v) is 2.70. The fraction of sp³-hybridized carbons (Fsp3) is 0.167. The van der Waals surface area contributed by atoms with Crippen LogP contribution in [-0.2, 0) is 17.9 Å². The molecule has 5 heteroatoms. The van der Waals surface area contributed by atoms with Crippen LogP contribution in [0.1, 0.15) is 21.6 Å². The number of hydrogen-bond acceptors (Lipinski definition) is 2. The number of rotatable bonds is 5. The Balaban J connectivity index is 1.73. The van der Waals surface area contributed by atoms with Gasteiger partial charge in [-0.3, -0.25) is 4.79 Å². The zero-order chi connectivity index (χ0) is 16.2. The van der Waals surface area contributed by atoms with Crippen molar-refractivity contribution in [3.8, 4) is 0 Å². The number of ether oxygens (including phenoxy) is 1. The predicted molar refractivity (Wildman–Crippen MR) is 91.6 cm³/mol. The molecule has 0 radical (unpaired) electrons. The summed E-state index contributed by atoms with van der Waals surface area (Å²) in [7, 11) is 1.66. The zero-order valence-corrected chi connectivity index (χ0v) is 13.5. The van der Waals surface area contributed by atoms with Gasteiger partial charge in [0.15, 0.2) is 0 Å². The number of benzene rings is 2. The number of H-pyrrole nitrogens is 1. The van der Waals surface area contributed by atoms with Gasteiger partial charge in [-0.25, -0.2) is 0 Å². The number of carbonyl (C=O) groups excluding carboxylic acids is 1. The SMILES string of the molecule is COCc1ccccc1CNC(=O)c1cc2cc(Cl)ccc2[nH]1. The van der Waals surface area contributed by atoms with Crippen LogP contribution in [-0.4, -0.2) is 18.0 Å². The summed E-state index contributed by atoms with van der Waals surface area (Å²) in [5.41, 5.74) is 3.52. The van der Waals surface area contributed by atoms with Crippen molar-refractivity contribution in [3.05, 3.63) is 70.4 Å². The van der Waals surface area contributed by atoms with Crippen LogP contribution < -0.4 is 5.32 Å². The van der Waals surface area contributed by atoms with Crippen molar-refractivity contribution in [2.45, 2.75) is 13.2 Å². The van der Waals surface area contributed by atoms with Crippen LogP contribution in [0.5, 0.6) is 0 Å². The van der Waals surface area contributed by atoms with Gasteiger partial charge >= 0.3 is 0 Å². The fourth-order valence-electron chi connectivity index (χ4n) is 2.52. The van der Waals surface area contributed by atoms with E-state index in [1.807, 2.05) is 36.4 Å². The molecule has 2 aromatic carbocycles. The Labute approximate surface area is 139 Å². The molecule has 2 N–H and O–H groups in total. The summed E-state index contributed by atoms with van der Waals surface area (Å²) in [5.74, 6) is -0.149. The highest BCUT2D eigenvalue weighted by Crippen LogP contribution is 2.20. The molecule has 0 saturated heterocycles. The number of amides is 1. The lowest BCUT2D eigenvalue weighted by Gasteiger charge is -2.09. The molecule has 0 atom stereocenters. The number of fused-ring (bicyclic) bond motifs is 1. The van der Waals surface area contributed by atoms with Crippen LogP contribution in [0.2, 0.25) is 5.02 Å². The van der Waals surface area contributed by atoms with Gasteiger partial charge in [0.05, 0.1) is 6.61 Å². The van der Waals surface area contributed by atoms with Crippen molar-refractivity contribution < 1.29 is 9.53 Å². The Bertz CT molecular complexity index is 842. The third kappa shape index (κ3) is 3.55. The van der Waals surface area contributed by atoms with E-state index in [1.54, 1.807) is 19.2 Å². The van der Waals surface area contributed by atoms with Gasteiger partial charge in [-0.05, 0) is 35.4 Å². The van der Waals surface area contributed by atoms with Crippen LogP contribution in [0.15, 0.2) is 48.5 Å². The number of nitrogens with one attached hydrogen (secondary N) is 2. The average molecular weight is 329 g/mol. The minimum atomic E-state index is -0.149. The molecule has 0 fully saturated rings. The molecule has 3 aromatic rings. The van der Waals surface area contributed by atoms with Crippen molar-refractivity contribution in [2.24, 2.45) is 0 Å². The summed E-state index contributed by atoms with van der Waals surface area (Å²) in [6.45, 7) is 0.978. The van der Waals surface area contributed by atoms with E-state index in [4.69, 9.17) is 16.3 Å². The predicted octanol–water partition coefficient (Wildman–Crippen LogP) is 3.90. The largest absolute Gasteiger partial charge is 0.380 e. The molecule has 4 nitrogen and oxygen atoms in total. The second kappa shape index (κ2) is 6.86. The van der Waals surface area contributed by atoms with Gasteiger partial charge in [0.25, 0.3) is 5.91 Å². The Morgan fingerprint density at radius 3 is 2.74 bits per heavy atom. The van der Waals surface area contributed by atoms with E-state index in [-0.39, 0.29) is 5.91 Å². The van der Waals surface area contributed by atoms with Crippen molar-refractivity contribution in [1.29, 1.82) is 0 Å². The molecular weight excluding hydrogens is 312 g/mol. The molecule has 118 valence electrons. The van der Waals surface area contributed by atoms with Crippen LogP contribution in [0, 0.1) is 0 Å². The van der Waals surface area contributed by atoms with Gasteiger partial charge in [-0.2, -0.15) is 0 Å². The number of halogens is 1. The lowest BCUT2D eigenvalue weighted by molar-refractivity contribution is 0.0946. The topological polar surface area (TPSA) is 54.1 Å². The number of methoxy groups -OCH3 is 1. The standard InChI is InChI=1S/C18H17ClN2O2/c1-23-11-13-5-3-2-4-12(13)10-20-18(22)17-9-14-8-15(19)6-7-16(14)21-17/h2-9,21H,10-11H2,1H3,(H,20,22). The van der Waals surface area contributed by atoms with E-state index < -0.39 is 0 Å². The average Bonchev–Trinajstić information content (AvgIpc) is 2.97. The summed E-state index contributed by atoms with van der Waals surface area (Å²) in [6.07, 6.45) is 0. The van der Waals surface area contributed by atoms with E-state index in [1.165, 1.54) is 0 Å². The van der Waals surface area contributed by atoms with Crippen molar-refractivity contribution >= 4 is 28.4 Å². The minimum absolute atomic E-state index is 0.149. The molecule has 0 saturated carbocycles. The number of aromatic nitrogens is 1. The lowest BCUT2D eigenvalue weighted by atomic mass is 10.1. The second-order valence-electron chi connectivity index (χ2n) is 5.30. The normalized spacial score (nSPS) is 10.9. The van der Waals surface area contributed by atoms with Gasteiger partial charge in [0, 0.05) is 29.6 Å². The van der Waals surface area contributed by atoms with Crippen LogP contribution in [0.3, 0.4) is 0 Å². The Hall–Kier alpha value is -2.30. The van der Waals surface area contributed by atoms with Crippen molar-refractivity contribution in [3.63, 3.8) is 0 Å². The summed E-state index contributed by atoms with van der Waals surface area (Å²) in [6, 6.07) is 15.2. The molecule has 1 aromatic heterocycles. The summed E-state index contributed by atoms with van der Waals surface area (Å²) in [4.78, 5) is 15.4. The molecule has 1 heterocycles. The van der Waals surface area contributed by atoms with E-state index >= 15 is 0 Å². The van der Waals surface area contributed by atoms with E-state index in [9.17, 15) is 4.79 Å². The first-order valence-corrected chi connectivity index (χ1v) is 7.67. The third-order valence-electron chi connectivity index (χ3n) is 3.69. The van der Waals surface area contributed by atoms with Crippen LogP contribution >= 0.6 is 11.6 Å². The Morgan fingerprint density at radius 2 is 1.96 bits per heavy atom. The maximum Gasteiger partial charge on any atom is 0.267 e. The molecule has 23 heavy (non-hydrogen) atoms. The summed E-state index contributed by atoms with van der Waals surface area (Å²) < 4.78 is 5.18. The first-order valence-electron chi connectivity index (χ1n) is 7.29. The molecule has 3 rings (SSSR count). The maximum atomic E-state index is 12.3. The number of hydrogen-bond donors (Lipinski definition) is 2. The molecule has 0 spiro atoms. The summed E-state index contributed by atoms with van der Waals surface area (Å²) >= 11 is 5.97. The molecule has 0 aliphatic heterocycles. The van der Waals surface area contributed by atoms with E-state index in [2.05, 4.69) is 10.3 Å². The highest BCUT2D eigenvalue weighted by Gasteiger charge is 2.10. The molecule has 0 unspecified atom stereocenters. The highest BCUT2D eigenvalue weighted by atomic mass is 35.5.